The number of benzene rings is 1. The molecule has 0 radical (unpaired) electrons. The number of aromatic hydroxyl groups is 2. The van der Waals surface area contributed by atoms with Crippen LogP contribution < -0.4 is 0 Å². The molecule has 1 aromatic carbocycles. The molecule has 0 aliphatic carbocycles. The van der Waals surface area contributed by atoms with Crippen LogP contribution in [0.4, 0.5) is 0 Å². The molecule has 21 heterocycles. The molecule has 22 rings (SSSR count). The van der Waals surface area contributed by atoms with E-state index in [1.807, 2.05) is 0 Å². The third-order valence-electron chi connectivity index (χ3n) is 16.2. The number of aliphatic hydroxyl groups excluding tert-OH is 20. The highest BCUT2D eigenvalue weighted by Crippen LogP contribution is 2.39. The number of rotatable bonds is 9. The highest BCUT2D eigenvalue weighted by atomic mass is 16.8. The smallest absolute Gasteiger partial charge is 0.338 e. The number of carbonyl (C=O) groups excluding carboxylic acids is 1. The van der Waals surface area contributed by atoms with Crippen LogP contribution in [0.1, 0.15) is 10.4 Å². The van der Waals surface area contributed by atoms with Crippen molar-refractivity contribution in [3.05, 3.63) is 23.8 Å². The normalized spacial score (nSPS) is 50.2. The number of ether oxygens (including phenoxy) is 15. The van der Waals surface area contributed by atoms with Crippen molar-refractivity contribution in [1.29, 1.82) is 0 Å². The SMILES string of the molecule is O=C(OC[C@H]1O[C@@H]2O[C@H]3[C@H](O)[C@@H](O)[C@@H](O[C@H]4[C@H](O)[C@@H](O)[C@@H](O[C@H]5[C@H](O)[C@@H](O)[C@@H](O[C@H]6[C@H](O)[C@@H](O)[C@@H](O[C@H]7[C@H](O)[C@@H](O)[C@@H](O[C@H]8[C@H](O)[C@@H](O)[C@@H](O[C@H]1[C@H](O)[C@H]2O)O[C@@H]8CO)O[C@@H]7CO)O[C@@H]6CO)O[C@@H]5CO)O[C@@H]4CO)O[C@@H]3CO)c1ccc(O)c(O)c1. The van der Waals surface area contributed by atoms with E-state index in [0.29, 0.717) is 0 Å². The molecule has 498 valence electrons. The van der Waals surface area contributed by atoms with Crippen LogP contribution in [-0.4, -0.2) is 380 Å². The largest absolute Gasteiger partial charge is 0.504 e. The van der Waals surface area contributed by atoms with Gasteiger partial charge in [0.2, 0.25) is 0 Å². The van der Waals surface area contributed by atoms with Crippen LogP contribution in [0.15, 0.2) is 18.2 Å². The third-order valence-corrected chi connectivity index (χ3v) is 16.2. The van der Waals surface area contributed by atoms with Crippen molar-refractivity contribution in [3.8, 4) is 11.5 Å². The van der Waals surface area contributed by atoms with E-state index in [1.165, 1.54) is 0 Å². The maximum Gasteiger partial charge on any atom is 0.338 e. The first-order chi connectivity index (χ1) is 41.4. The summed E-state index contributed by atoms with van der Waals surface area (Å²) in [4.78, 5) is 13.3. The van der Waals surface area contributed by atoms with Gasteiger partial charge in [0.1, 0.15) is 178 Å². The van der Waals surface area contributed by atoms with Crippen LogP contribution in [0.25, 0.3) is 0 Å². The summed E-state index contributed by atoms with van der Waals surface area (Å²) in [5.41, 5.74) is -0.365. The molecule has 14 bridgehead atoms. The molecule has 21 saturated heterocycles. The van der Waals surface area contributed by atoms with E-state index in [-0.39, 0.29) is 5.56 Å². The fourth-order valence-corrected chi connectivity index (χ4v) is 11.3. The average molecular weight is 1270 g/mol. The zero-order chi connectivity index (χ0) is 63.2. The van der Waals surface area contributed by atoms with Gasteiger partial charge in [0.15, 0.2) is 55.5 Å². The van der Waals surface area contributed by atoms with Gasteiger partial charge in [-0.15, -0.1) is 0 Å². The maximum atomic E-state index is 13.3. The standard InChI is InChI=1S/C49H74O38/c50-4-14-35-22(59)29(66)44(75-14)83-37-16(6-52)77-46(31(68)24(37)61)85-39-18(8-54)79-48(33(70)26(39)63)87-41-20(10-73-42(72)11-1-2-12(56)13(57)3-11)80-49(34(71)27(41)64)86-40-19(9-55)78-47(32(69)25(40)62)84-38-17(7-53)76-45(30(67)23(38)60)82-36-15(5-51)74-43(81-35)28(65)21(36)58/h1-3,14-41,43-71H,4-10H2/t14-,15-,16-,17-,18-,19-,20-,21-,22-,23-,24-,25-,26-,27-,28-,29-,30-,31-,32-,33-,34-,35-,36-,37-,38-,39-,40-,41-,43-,44-,45-,46-,47-,48-,49-/m1/s1. The molecule has 35 atom stereocenters. The van der Waals surface area contributed by atoms with Crippen LogP contribution in [0.5, 0.6) is 11.5 Å². The van der Waals surface area contributed by atoms with E-state index < -0.39 is 279 Å². The van der Waals surface area contributed by atoms with E-state index in [4.69, 9.17) is 71.1 Å². The summed E-state index contributed by atoms with van der Waals surface area (Å²) in [5, 5.41) is 243. The molecule has 0 spiro atoms. The number of phenols is 2. The van der Waals surface area contributed by atoms with Crippen molar-refractivity contribution >= 4 is 5.97 Å². The molecular formula is C49H74O38. The predicted octanol–water partition coefficient (Wildman–Crippen LogP) is -14.0. The molecule has 22 N–H and O–H groups in total. The molecule has 38 nitrogen and oxygen atoms in total. The van der Waals surface area contributed by atoms with Crippen LogP contribution >= 0.6 is 0 Å². The van der Waals surface area contributed by atoms with Crippen LogP contribution in [0.2, 0.25) is 0 Å². The Hall–Kier alpha value is -3.07. The van der Waals surface area contributed by atoms with Gasteiger partial charge in [-0.1, -0.05) is 0 Å². The minimum Gasteiger partial charge on any atom is -0.504 e. The van der Waals surface area contributed by atoms with Crippen molar-refractivity contribution < 1.29 is 188 Å². The lowest BCUT2D eigenvalue weighted by molar-refractivity contribution is -0.396. The minimum absolute atomic E-state index is 0.365. The predicted molar refractivity (Wildman–Crippen MR) is 261 cm³/mol. The second-order valence-electron chi connectivity index (χ2n) is 21.8. The Labute approximate surface area is 489 Å². The van der Waals surface area contributed by atoms with Gasteiger partial charge >= 0.3 is 5.97 Å². The fourth-order valence-electron chi connectivity index (χ4n) is 11.3. The summed E-state index contributed by atoms with van der Waals surface area (Å²) in [6, 6.07) is 2.78. The summed E-state index contributed by atoms with van der Waals surface area (Å²) in [6.07, 6.45) is -72.8. The molecule has 87 heavy (non-hydrogen) atoms. The topological polar surface area (TPSA) is 601 Å². The lowest BCUT2D eigenvalue weighted by Crippen LogP contribution is -2.68. The first kappa shape index (κ1) is 68.3. The zero-order valence-electron chi connectivity index (χ0n) is 45.3. The van der Waals surface area contributed by atoms with Gasteiger partial charge in [-0.25, -0.2) is 4.79 Å². The first-order valence-corrected chi connectivity index (χ1v) is 27.4. The lowest BCUT2D eigenvalue weighted by Gasteiger charge is -2.50. The van der Waals surface area contributed by atoms with E-state index >= 15 is 0 Å². The molecule has 0 saturated carbocycles. The highest BCUT2D eigenvalue weighted by Gasteiger charge is 2.60. The number of hydrogen-bond acceptors (Lipinski definition) is 38. The molecule has 0 aromatic heterocycles. The first-order valence-electron chi connectivity index (χ1n) is 27.4. The summed E-state index contributed by atoms with van der Waals surface area (Å²) in [5.74, 6) is -2.60. The summed E-state index contributed by atoms with van der Waals surface area (Å²) in [7, 11) is 0. The van der Waals surface area contributed by atoms with Gasteiger partial charge in [-0.2, -0.15) is 0 Å². The molecule has 21 fully saturated rings. The van der Waals surface area contributed by atoms with Crippen LogP contribution in [0.3, 0.4) is 0 Å². The van der Waals surface area contributed by atoms with Crippen molar-refractivity contribution in [2.75, 3.05) is 46.2 Å². The maximum absolute atomic E-state index is 13.3. The van der Waals surface area contributed by atoms with Gasteiger partial charge in [0, 0.05) is 0 Å². The molecule has 38 heteroatoms. The molecule has 21 aliphatic rings. The molecular weight excluding hydrogens is 1200 g/mol. The van der Waals surface area contributed by atoms with Crippen molar-refractivity contribution in [3.63, 3.8) is 0 Å². The van der Waals surface area contributed by atoms with Gasteiger partial charge in [0.05, 0.1) is 45.2 Å². The fraction of sp³-hybridized carbons (Fsp3) is 0.857. The lowest BCUT2D eigenvalue weighted by atomic mass is 9.95. The number of esters is 1. The second-order valence-corrected chi connectivity index (χ2v) is 21.8. The Bertz CT molecular complexity index is 2350. The van der Waals surface area contributed by atoms with Crippen LogP contribution in [-0.2, 0) is 71.1 Å². The van der Waals surface area contributed by atoms with Crippen molar-refractivity contribution in [1.82, 2.24) is 0 Å². The van der Waals surface area contributed by atoms with Crippen LogP contribution in [0, 0.1) is 0 Å². The van der Waals surface area contributed by atoms with E-state index in [9.17, 15) is 117 Å². The van der Waals surface area contributed by atoms with Crippen molar-refractivity contribution in [2.45, 2.75) is 215 Å². The number of hydrogen-bond donors (Lipinski definition) is 22. The summed E-state index contributed by atoms with van der Waals surface area (Å²) < 4.78 is 85.8. The highest BCUT2D eigenvalue weighted by molar-refractivity contribution is 5.90. The molecule has 21 aliphatic heterocycles. The average Bonchev–Trinajstić information content (AvgIpc) is 1.10. The number of phenolic OH excluding ortho intramolecular Hbond substituents is 2. The quantitative estimate of drug-likeness (QED) is 0.0806. The Kier molecular flexibility index (Phi) is 22.6. The van der Waals surface area contributed by atoms with E-state index in [1.54, 1.807) is 0 Å². The van der Waals surface area contributed by atoms with E-state index in [0.717, 1.165) is 18.2 Å². The Balaban J connectivity index is 1.02. The molecule has 0 amide bonds. The van der Waals surface area contributed by atoms with E-state index in [2.05, 4.69) is 0 Å². The zero-order valence-corrected chi connectivity index (χ0v) is 45.3. The molecule has 1 aromatic rings. The van der Waals surface area contributed by atoms with Gasteiger partial charge in [-0.05, 0) is 18.2 Å². The Morgan fingerprint density at radius 1 is 0.299 bits per heavy atom. The van der Waals surface area contributed by atoms with Gasteiger partial charge in [0.25, 0.3) is 0 Å². The third kappa shape index (κ3) is 13.7. The number of aliphatic hydroxyl groups is 20. The monoisotopic (exact) mass is 1270 g/mol. The second kappa shape index (κ2) is 28.8. The van der Waals surface area contributed by atoms with Crippen molar-refractivity contribution in [2.24, 2.45) is 0 Å². The van der Waals surface area contributed by atoms with Gasteiger partial charge < -0.3 is 183 Å². The molecule has 0 unspecified atom stereocenters. The summed E-state index contributed by atoms with van der Waals surface area (Å²) in [6.45, 7) is -7.57. The Morgan fingerprint density at radius 2 is 0.506 bits per heavy atom. The summed E-state index contributed by atoms with van der Waals surface area (Å²) >= 11 is 0. The van der Waals surface area contributed by atoms with Gasteiger partial charge in [-0.3, -0.25) is 0 Å². The minimum atomic E-state index is -2.34. The Morgan fingerprint density at radius 3 is 0.713 bits per heavy atom. The number of carbonyl (C=O) groups is 1.